The van der Waals surface area contributed by atoms with Crippen molar-refractivity contribution in [3.8, 4) is 0 Å². The molecule has 14 heavy (non-hydrogen) atoms. The number of aromatic nitrogens is 1. The molecule has 0 unspecified atom stereocenters. The van der Waals surface area contributed by atoms with Crippen molar-refractivity contribution in [2.75, 3.05) is 6.54 Å². The second-order valence-corrected chi connectivity index (χ2v) is 4.60. The molecule has 1 aromatic rings. The summed E-state index contributed by atoms with van der Waals surface area (Å²) in [7, 11) is 0. The van der Waals surface area contributed by atoms with Crippen LogP contribution in [0.4, 0.5) is 0 Å². The van der Waals surface area contributed by atoms with E-state index in [0.29, 0.717) is 6.04 Å². The van der Waals surface area contributed by atoms with Gasteiger partial charge in [-0.2, -0.15) is 0 Å². The van der Waals surface area contributed by atoms with Gasteiger partial charge in [0.05, 0.1) is 5.01 Å². The van der Waals surface area contributed by atoms with Crippen LogP contribution in [0.1, 0.15) is 24.8 Å². The van der Waals surface area contributed by atoms with Crippen molar-refractivity contribution in [1.29, 1.82) is 0 Å². The summed E-state index contributed by atoms with van der Waals surface area (Å²) in [5, 5.41) is 3.10. The molecular weight excluding hydrogens is 196 g/mol. The summed E-state index contributed by atoms with van der Waals surface area (Å²) in [5.41, 5.74) is 0. The molecule has 1 aliphatic carbocycles. The van der Waals surface area contributed by atoms with E-state index in [-0.39, 0.29) is 5.91 Å². The van der Waals surface area contributed by atoms with Crippen molar-refractivity contribution in [2.24, 2.45) is 0 Å². The number of thiazole rings is 1. The Bertz CT molecular complexity index is 306. The molecule has 0 spiro atoms. The Morgan fingerprint density at radius 2 is 2.50 bits per heavy atom. The predicted octanol–water partition coefficient (Wildman–Crippen LogP) is 1.70. The molecule has 0 radical (unpaired) electrons. The zero-order valence-electron chi connectivity index (χ0n) is 8.27. The first-order chi connectivity index (χ1) is 6.77. The molecule has 1 fully saturated rings. The van der Waals surface area contributed by atoms with Crippen LogP contribution in [0.2, 0.25) is 0 Å². The molecule has 2 rings (SSSR count). The Balaban J connectivity index is 1.85. The van der Waals surface area contributed by atoms with E-state index in [4.69, 9.17) is 0 Å². The molecule has 0 atom stereocenters. The molecule has 4 heteroatoms. The lowest BCUT2D eigenvalue weighted by atomic mass is 10.3. The number of rotatable bonds is 4. The molecule has 1 aliphatic rings. The molecular formula is C10H14N2OS. The maximum Gasteiger partial charge on any atom is 0.219 e. The van der Waals surface area contributed by atoms with Crippen molar-refractivity contribution in [1.82, 2.24) is 9.88 Å². The lowest BCUT2D eigenvalue weighted by Gasteiger charge is -2.19. The Hall–Kier alpha value is -0.900. The van der Waals surface area contributed by atoms with E-state index < -0.39 is 0 Å². The minimum absolute atomic E-state index is 0.198. The zero-order valence-corrected chi connectivity index (χ0v) is 9.09. The van der Waals surface area contributed by atoms with Crippen LogP contribution in [0.15, 0.2) is 11.6 Å². The summed E-state index contributed by atoms with van der Waals surface area (Å²) >= 11 is 1.66. The second kappa shape index (κ2) is 4.09. The Morgan fingerprint density at radius 1 is 1.71 bits per heavy atom. The van der Waals surface area contributed by atoms with Crippen molar-refractivity contribution in [3.63, 3.8) is 0 Å². The van der Waals surface area contributed by atoms with Gasteiger partial charge in [0.15, 0.2) is 0 Å². The van der Waals surface area contributed by atoms with E-state index in [1.54, 1.807) is 18.3 Å². The monoisotopic (exact) mass is 210 g/mol. The van der Waals surface area contributed by atoms with Gasteiger partial charge in [-0.25, -0.2) is 4.98 Å². The molecule has 0 saturated heterocycles. The summed E-state index contributed by atoms with van der Waals surface area (Å²) in [5.74, 6) is 0.198. The average molecular weight is 210 g/mol. The van der Waals surface area contributed by atoms with Crippen LogP contribution in [0.3, 0.4) is 0 Å². The number of carbonyl (C=O) groups excluding carboxylic acids is 1. The third kappa shape index (κ3) is 2.32. The normalized spacial score (nSPS) is 15.5. The highest BCUT2D eigenvalue weighted by Gasteiger charge is 2.30. The fraction of sp³-hybridized carbons (Fsp3) is 0.600. The topological polar surface area (TPSA) is 33.2 Å². The molecule has 1 heterocycles. The molecule has 1 saturated carbocycles. The number of hydrogen-bond acceptors (Lipinski definition) is 3. The zero-order chi connectivity index (χ0) is 9.97. The Morgan fingerprint density at radius 3 is 3.00 bits per heavy atom. The molecule has 0 aliphatic heterocycles. The maximum absolute atomic E-state index is 11.3. The molecule has 1 aromatic heterocycles. The van der Waals surface area contributed by atoms with E-state index in [1.165, 1.54) is 12.8 Å². The lowest BCUT2D eigenvalue weighted by Crippen LogP contribution is -2.32. The van der Waals surface area contributed by atoms with Crippen molar-refractivity contribution in [2.45, 2.75) is 32.2 Å². The highest BCUT2D eigenvalue weighted by Crippen LogP contribution is 2.27. The van der Waals surface area contributed by atoms with Crippen molar-refractivity contribution in [3.05, 3.63) is 16.6 Å². The van der Waals surface area contributed by atoms with Gasteiger partial charge in [-0.3, -0.25) is 4.79 Å². The summed E-state index contributed by atoms with van der Waals surface area (Å²) in [6.07, 6.45) is 5.07. The highest BCUT2D eigenvalue weighted by atomic mass is 32.1. The first-order valence-corrected chi connectivity index (χ1v) is 5.81. The van der Waals surface area contributed by atoms with Gasteiger partial charge in [-0.15, -0.1) is 11.3 Å². The molecule has 3 nitrogen and oxygen atoms in total. The predicted molar refractivity (Wildman–Crippen MR) is 56.2 cm³/mol. The van der Waals surface area contributed by atoms with Crippen LogP contribution in [0.5, 0.6) is 0 Å². The average Bonchev–Trinajstić information content (AvgIpc) is 2.82. The summed E-state index contributed by atoms with van der Waals surface area (Å²) in [6, 6.07) is 0.521. The van der Waals surface area contributed by atoms with Crippen LogP contribution in [0, 0.1) is 0 Å². The number of carbonyl (C=O) groups is 1. The summed E-state index contributed by atoms with van der Waals surface area (Å²) in [4.78, 5) is 17.5. The van der Waals surface area contributed by atoms with E-state index in [0.717, 1.165) is 18.0 Å². The third-order valence-electron chi connectivity index (χ3n) is 2.44. The molecule has 0 N–H and O–H groups in total. The summed E-state index contributed by atoms with van der Waals surface area (Å²) in [6.45, 7) is 2.48. The van der Waals surface area contributed by atoms with Crippen LogP contribution in [-0.2, 0) is 11.2 Å². The van der Waals surface area contributed by atoms with Crippen LogP contribution < -0.4 is 0 Å². The Labute approximate surface area is 87.8 Å². The van der Waals surface area contributed by atoms with Gasteiger partial charge in [0.1, 0.15) is 0 Å². The largest absolute Gasteiger partial charge is 0.340 e. The van der Waals surface area contributed by atoms with Gasteiger partial charge in [0.25, 0.3) is 0 Å². The molecule has 76 valence electrons. The second-order valence-electron chi connectivity index (χ2n) is 3.62. The number of amides is 1. The van der Waals surface area contributed by atoms with Crippen molar-refractivity contribution >= 4 is 17.2 Å². The van der Waals surface area contributed by atoms with E-state index in [2.05, 4.69) is 4.98 Å². The maximum atomic E-state index is 11.3. The van der Waals surface area contributed by atoms with E-state index >= 15 is 0 Å². The first kappa shape index (κ1) is 9.65. The van der Waals surface area contributed by atoms with Crippen LogP contribution >= 0.6 is 11.3 Å². The smallest absolute Gasteiger partial charge is 0.219 e. The van der Waals surface area contributed by atoms with Gasteiger partial charge in [-0.1, -0.05) is 0 Å². The lowest BCUT2D eigenvalue weighted by molar-refractivity contribution is -0.129. The van der Waals surface area contributed by atoms with E-state index in [9.17, 15) is 4.79 Å². The van der Waals surface area contributed by atoms with Crippen molar-refractivity contribution < 1.29 is 4.79 Å². The minimum atomic E-state index is 0.198. The number of hydrogen-bond donors (Lipinski definition) is 0. The van der Waals surface area contributed by atoms with E-state index in [1.807, 2.05) is 16.5 Å². The van der Waals surface area contributed by atoms with Gasteiger partial charge >= 0.3 is 0 Å². The quantitative estimate of drug-likeness (QED) is 0.757. The molecule has 0 bridgehead atoms. The van der Waals surface area contributed by atoms with Gasteiger partial charge < -0.3 is 4.90 Å². The van der Waals surface area contributed by atoms with Gasteiger partial charge in [0, 0.05) is 37.5 Å². The third-order valence-corrected chi connectivity index (χ3v) is 3.28. The first-order valence-electron chi connectivity index (χ1n) is 4.93. The fourth-order valence-electron chi connectivity index (χ4n) is 1.58. The summed E-state index contributed by atoms with van der Waals surface area (Å²) < 4.78 is 0. The van der Waals surface area contributed by atoms with Crippen LogP contribution in [-0.4, -0.2) is 28.4 Å². The SMILES string of the molecule is CC(=O)N(CCc1nccs1)C1CC1. The van der Waals surface area contributed by atoms with Gasteiger partial charge in [0.2, 0.25) is 5.91 Å². The molecule has 0 aromatic carbocycles. The Kier molecular flexibility index (Phi) is 2.82. The van der Waals surface area contributed by atoms with Gasteiger partial charge in [-0.05, 0) is 12.8 Å². The van der Waals surface area contributed by atoms with Crippen LogP contribution in [0.25, 0.3) is 0 Å². The minimum Gasteiger partial charge on any atom is -0.340 e. The number of nitrogens with zero attached hydrogens (tertiary/aromatic N) is 2. The highest BCUT2D eigenvalue weighted by molar-refractivity contribution is 7.09. The molecule has 1 amide bonds. The standard InChI is InChI=1S/C10H14N2OS/c1-8(13)12(9-2-3-9)6-4-10-11-5-7-14-10/h5,7,9H,2-4,6H2,1H3. The fourth-order valence-corrected chi connectivity index (χ4v) is 2.19.